The maximum Gasteiger partial charge on any atom is 0.232 e. The number of hydrogen-bond acceptors (Lipinski definition) is 6. The van der Waals surface area contributed by atoms with Crippen LogP contribution in [0.15, 0.2) is 25.9 Å². The number of nitrogens with zero attached hydrogens (tertiary/aromatic N) is 2. The van der Waals surface area contributed by atoms with E-state index < -0.39 is 15.7 Å². The largest absolute Gasteiger partial charge is 0.460 e. The summed E-state index contributed by atoms with van der Waals surface area (Å²) < 4.78 is 27.6. The summed E-state index contributed by atoms with van der Waals surface area (Å²) in [6, 6.07) is 3.67. The summed E-state index contributed by atoms with van der Waals surface area (Å²) in [5.41, 5.74) is 2.85. The van der Waals surface area contributed by atoms with Gasteiger partial charge in [0.1, 0.15) is 11.3 Å². The number of benzene rings is 1. The molecular weight excluding hydrogens is 438 g/mol. The highest BCUT2D eigenvalue weighted by Crippen LogP contribution is 2.74. The van der Waals surface area contributed by atoms with Crippen molar-refractivity contribution < 1.29 is 13.1 Å². The van der Waals surface area contributed by atoms with Crippen LogP contribution in [0, 0.1) is 20.8 Å². The Morgan fingerprint density at radius 1 is 1.12 bits per heavy atom. The first-order valence-corrected chi connectivity index (χ1v) is 12.6. The Balaban J connectivity index is 1.55. The van der Waals surface area contributed by atoms with Crippen LogP contribution in [-0.4, -0.2) is 19.1 Å². The van der Waals surface area contributed by atoms with Crippen LogP contribution in [-0.2, 0) is 21.8 Å². The van der Waals surface area contributed by atoms with Crippen LogP contribution < -0.4 is 10.2 Å². The van der Waals surface area contributed by atoms with E-state index in [-0.39, 0.29) is 22.3 Å². The molecule has 2 aromatic heterocycles. The molecule has 0 spiro atoms. The van der Waals surface area contributed by atoms with Crippen LogP contribution in [0.1, 0.15) is 87.2 Å². The van der Waals surface area contributed by atoms with Gasteiger partial charge in [-0.1, -0.05) is 11.2 Å². The quantitative estimate of drug-likeness (QED) is 0.587. The smallest absolute Gasteiger partial charge is 0.232 e. The summed E-state index contributed by atoms with van der Waals surface area (Å²) in [6.45, 7) is 13.4. The summed E-state index contributed by atoms with van der Waals surface area (Å²) in [5.74, 6) is 2.11. The van der Waals surface area contributed by atoms with E-state index in [2.05, 4.69) is 14.9 Å². The molecule has 0 saturated heterocycles. The minimum absolute atomic E-state index is 0.00718. The summed E-state index contributed by atoms with van der Waals surface area (Å²) in [4.78, 5) is 17.9. The average Bonchev–Trinajstić information content (AvgIpc) is 3.08. The molecule has 33 heavy (non-hydrogen) atoms. The third-order valence-electron chi connectivity index (χ3n) is 7.19. The molecule has 0 unspecified atom stereocenters. The van der Waals surface area contributed by atoms with Crippen LogP contribution in [0.2, 0.25) is 0 Å². The molecular formula is C25H31N3O4S. The second-order valence-electron chi connectivity index (χ2n) is 11.1. The molecule has 3 aliphatic carbocycles. The number of aromatic nitrogens is 2. The Morgan fingerprint density at radius 3 is 2.36 bits per heavy atom. The lowest BCUT2D eigenvalue weighted by Crippen LogP contribution is -2.67. The maximum atomic E-state index is 13.4. The van der Waals surface area contributed by atoms with Crippen LogP contribution in [0.5, 0.6) is 0 Å². The average molecular weight is 470 g/mol. The van der Waals surface area contributed by atoms with Gasteiger partial charge < -0.3 is 8.94 Å². The molecule has 3 aliphatic rings. The first-order chi connectivity index (χ1) is 15.4. The minimum atomic E-state index is -1.25. The van der Waals surface area contributed by atoms with Crippen LogP contribution in [0.25, 0.3) is 11.0 Å². The van der Waals surface area contributed by atoms with E-state index in [0.717, 1.165) is 36.1 Å². The van der Waals surface area contributed by atoms with E-state index in [0.29, 0.717) is 28.2 Å². The standard InChI is InChI=1S/C25H31N3O4S/c1-13-8-17(15(3)28-33(30)23(5,6)7)20-18(9-13)19(29)14(2)21(31-20)24-10-25(11-24,12-24)22-26-16(4)27-32-22/h8-9,15,28H,10-12H2,1-7H3/t15-,24?,25?,33-/m1/s1. The number of hydrogen-bond donors (Lipinski definition) is 1. The Labute approximate surface area is 195 Å². The third-order valence-corrected chi connectivity index (χ3v) is 8.87. The Kier molecular flexibility index (Phi) is 4.83. The molecule has 0 amide bonds. The van der Waals surface area contributed by atoms with Gasteiger partial charge in [0.25, 0.3) is 0 Å². The van der Waals surface area contributed by atoms with Crippen LogP contribution >= 0.6 is 0 Å². The van der Waals surface area contributed by atoms with Gasteiger partial charge in [0, 0.05) is 22.6 Å². The fraction of sp³-hybridized carbons (Fsp3) is 0.560. The topological polar surface area (TPSA) is 98.2 Å². The molecule has 8 heteroatoms. The van der Waals surface area contributed by atoms with Crippen molar-refractivity contribution in [3.63, 3.8) is 0 Å². The lowest BCUT2D eigenvalue weighted by atomic mass is 9.34. The van der Waals surface area contributed by atoms with Gasteiger partial charge in [-0.05, 0) is 79.4 Å². The number of fused-ring (bicyclic) bond motifs is 1. The van der Waals surface area contributed by atoms with Crippen molar-refractivity contribution in [3.05, 3.63) is 56.5 Å². The molecule has 3 saturated carbocycles. The number of nitrogens with one attached hydrogen (secondary N) is 1. The van der Waals surface area contributed by atoms with Gasteiger partial charge in [0.05, 0.1) is 26.5 Å². The fourth-order valence-corrected chi connectivity index (χ4v) is 6.37. The highest BCUT2D eigenvalue weighted by atomic mass is 32.2. The SMILES string of the molecule is Cc1cc([C@@H](C)N[S@](=O)C(C)(C)C)c2oc(C34CC(c5nc(C)no5)(C3)C4)c(C)c(=O)c2c1. The molecule has 3 aromatic rings. The molecule has 2 bridgehead atoms. The van der Waals surface area contributed by atoms with E-state index in [1.165, 1.54) is 0 Å². The first-order valence-electron chi connectivity index (χ1n) is 11.4. The normalized spacial score (nSPS) is 26.0. The number of rotatable bonds is 5. The molecule has 2 atom stereocenters. The number of aryl methyl sites for hydroxylation is 2. The van der Waals surface area contributed by atoms with Gasteiger partial charge >= 0.3 is 0 Å². The van der Waals surface area contributed by atoms with Crippen molar-refractivity contribution >= 4 is 22.0 Å². The monoisotopic (exact) mass is 469 g/mol. The molecule has 3 fully saturated rings. The fourth-order valence-electron chi connectivity index (χ4n) is 5.56. The zero-order chi connectivity index (χ0) is 23.9. The Morgan fingerprint density at radius 2 is 1.79 bits per heavy atom. The second-order valence-corrected chi connectivity index (χ2v) is 13.1. The molecule has 176 valence electrons. The van der Waals surface area contributed by atoms with Gasteiger partial charge in [-0.15, -0.1) is 0 Å². The summed E-state index contributed by atoms with van der Waals surface area (Å²) in [6.07, 6.45) is 2.54. The summed E-state index contributed by atoms with van der Waals surface area (Å²) in [7, 11) is -1.25. The van der Waals surface area contributed by atoms with E-state index >= 15 is 0 Å². The molecule has 2 heterocycles. The van der Waals surface area contributed by atoms with Crippen molar-refractivity contribution in [2.45, 2.75) is 89.3 Å². The molecule has 6 rings (SSSR count). The third kappa shape index (κ3) is 3.33. The highest BCUT2D eigenvalue weighted by Gasteiger charge is 2.73. The molecule has 0 radical (unpaired) electrons. The van der Waals surface area contributed by atoms with Crippen molar-refractivity contribution in [3.8, 4) is 0 Å². The first kappa shape index (κ1) is 22.5. The van der Waals surface area contributed by atoms with Crippen molar-refractivity contribution in [1.29, 1.82) is 0 Å². The lowest BCUT2D eigenvalue weighted by Gasteiger charge is -2.67. The van der Waals surface area contributed by atoms with Crippen LogP contribution in [0.3, 0.4) is 0 Å². The van der Waals surface area contributed by atoms with Crippen molar-refractivity contribution in [2.24, 2.45) is 0 Å². The van der Waals surface area contributed by atoms with E-state index in [9.17, 15) is 9.00 Å². The highest BCUT2D eigenvalue weighted by molar-refractivity contribution is 7.84. The Bertz CT molecular complexity index is 1340. The minimum Gasteiger partial charge on any atom is -0.460 e. The van der Waals surface area contributed by atoms with Gasteiger partial charge in [0.2, 0.25) is 5.89 Å². The predicted molar refractivity (Wildman–Crippen MR) is 128 cm³/mol. The van der Waals surface area contributed by atoms with Crippen molar-refractivity contribution in [1.82, 2.24) is 14.9 Å². The zero-order valence-corrected chi connectivity index (χ0v) is 21.1. The molecule has 0 aliphatic heterocycles. The van der Waals surface area contributed by atoms with Gasteiger partial charge in [-0.3, -0.25) is 4.79 Å². The Hall–Kier alpha value is -2.32. The molecule has 1 N–H and O–H groups in total. The predicted octanol–water partition coefficient (Wildman–Crippen LogP) is 4.59. The zero-order valence-electron chi connectivity index (χ0n) is 20.3. The lowest BCUT2D eigenvalue weighted by molar-refractivity contribution is -0.102. The van der Waals surface area contributed by atoms with Gasteiger partial charge in [-0.2, -0.15) is 4.98 Å². The van der Waals surface area contributed by atoms with E-state index in [1.807, 2.05) is 60.6 Å². The van der Waals surface area contributed by atoms with Crippen LogP contribution in [0.4, 0.5) is 0 Å². The summed E-state index contributed by atoms with van der Waals surface area (Å²) in [5, 5.41) is 4.52. The molecule has 7 nitrogen and oxygen atoms in total. The van der Waals surface area contributed by atoms with Gasteiger partial charge in [-0.25, -0.2) is 8.93 Å². The van der Waals surface area contributed by atoms with E-state index in [4.69, 9.17) is 8.94 Å². The van der Waals surface area contributed by atoms with Gasteiger partial charge in [0.15, 0.2) is 11.3 Å². The van der Waals surface area contributed by atoms with E-state index in [1.54, 1.807) is 0 Å². The second kappa shape index (κ2) is 7.09. The van der Waals surface area contributed by atoms with Crippen molar-refractivity contribution in [2.75, 3.05) is 0 Å². The maximum absolute atomic E-state index is 13.4. The molecule has 1 aromatic carbocycles. The summed E-state index contributed by atoms with van der Waals surface area (Å²) >= 11 is 0.